The number of rotatable bonds is 5. The van der Waals surface area contributed by atoms with Crippen LogP contribution >= 0.6 is 0 Å². The van der Waals surface area contributed by atoms with E-state index in [4.69, 9.17) is 4.42 Å². The van der Waals surface area contributed by atoms with Gasteiger partial charge in [-0.15, -0.1) is 0 Å². The van der Waals surface area contributed by atoms with Gasteiger partial charge in [0, 0.05) is 5.69 Å². The molecule has 0 saturated carbocycles. The van der Waals surface area contributed by atoms with Crippen molar-refractivity contribution in [3.05, 3.63) is 54.0 Å². The van der Waals surface area contributed by atoms with Crippen molar-refractivity contribution in [3.8, 4) is 0 Å². The zero-order valence-corrected chi connectivity index (χ0v) is 10.3. The molecule has 0 aliphatic carbocycles. The Balaban J connectivity index is 1.77. The molecule has 0 spiro atoms. The maximum atomic E-state index is 11.7. The molecule has 2 rings (SSSR count). The van der Waals surface area contributed by atoms with Crippen molar-refractivity contribution in [2.75, 3.05) is 11.9 Å². The SMILES string of the molecule is Cc1ccccc1NC(=O)CNCc1ccco1. The molecule has 4 heteroatoms. The van der Waals surface area contributed by atoms with Gasteiger partial charge in [0.1, 0.15) is 5.76 Å². The highest BCUT2D eigenvalue weighted by Gasteiger charge is 2.04. The zero-order chi connectivity index (χ0) is 12.8. The summed E-state index contributed by atoms with van der Waals surface area (Å²) in [6.07, 6.45) is 1.62. The van der Waals surface area contributed by atoms with Crippen LogP contribution in [0.2, 0.25) is 0 Å². The third kappa shape index (κ3) is 3.46. The van der Waals surface area contributed by atoms with Gasteiger partial charge in [0.25, 0.3) is 0 Å². The van der Waals surface area contributed by atoms with Crippen molar-refractivity contribution in [2.45, 2.75) is 13.5 Å². The van der Waals surface area contributed by atoms with Crippen LogP contribution in [0.3, 0.4) is 0 Å². The first-order valence-electron chi connectivity index (χ1n) is 5.84. The molecule has 0 unspecified atom stereocenters. The molecule has 0 aliphatic heterocycles. The van der Waals surface area contributed by atoms with Crippen LogP contribution in [0.25, 0.3) is 0 Å². The molecule has 1 heterocycles. The largest absolute Gasteiger partial charge is 0.468 e. The van der Waals surface area contributed by atoms with Crippen molar-refractivity contribution in [3.63, 3.8) is 0 Å². The molecule has 18 heavy (non-hydrogen) atoms. The van der Waals surface area contributed by atoms with E-state index in [0.717, 1.165) is 17.0 Å². The summed E-state index contributed by atoms with van der Waals surface area (Å²) in [4.78, 5) is 11.7. The number of nitrogens with one attached hydrogen (secondary N) is 2. The number of para-hydroxylation sites is 1. The number of benzene rings is 1. The maximum absolute atomic E-state index is 11.7. The Morgan fingerprint density at radius 2 is 2.06 bits per heavy atom. The highest BCUT2D eigenvalue weighted by Crippen LogP contribution is 2.12. The third-order valence-electron chi connectivity index (χ3n) is 2.58. The van der Waals surface area contributed by atoms with E-state index in [0.29, 0.717) is 6.54 Å². The number of hydrogen-bond acceptors (Lipinski definition) is 3. The monoisotopic (exact) mass is 244 g/mol. The quantitative estimate of drug-likeness (QED) is 0.848. The van der Waals surface area contributed by atoms with E-state index in [2.05, 4.69) is 10.6 Å². The smallest absolute Gasteiger partial charge is 0.238 e. The summed E-state index contributed by atoms with van der Waals surface area (Å²) in [6.45, 7) is 2.77. The second-order valence-corrected chi connectivity index (χ2v) is 4.05. The van der Waals surface area contributed by atoms with Crippen molar-refractivity contribution < 1.29 is 9.21 Å². The van der Waals surface area contributed by atoms with Gasteiger partial charge in [-0.1, -0.05) is 18.2 Å². The van der Waals surface area contributed by atoms with Gasteiger partial charge in [-0.3, -0.25) is 4.79 Å². The van der Waals surface area contributed by atoms with Crippen molar-refractivity contribution >= 4 is 11.6 Å². The van der Waals surface area contributed by atoms with E-state index in [9.17, 15) is 4.79 Å². The molecule has 0 radical (unpaired) electrons. The Labute approximate surface area is 106 Å². The summed E-state index contributed by atoms with van der Waals surface area (Å²) in [5, 5.41) is 5.88. The highest BCUT2D eigenvalue weighted by atomic mass is 16.3. The molecule has 1 aromatic carbocycles. The van der Waals surface area contributed by atoms with Crippen LogP contribution < -0.4 is 10.6 Å². The minimum atomic E-state index is -0.0594. The molecule has 1 aromatic heterocycles. The number of hydrogen-bond donors (Lipinski definition) is 2. The predicted octanol–water partition coefficient (Wildman–Crippen LogP) is 2.32. The lowest BCUT2D eigenvalue weighted by Gasteiger charge is -2.08. The van der Waals surface area contributed by atoms with Gasteiger partial charge in [-0.2, -0.15) is 0 Å². The van der Waals surface area contributed by atoms with Gasteiger partial charge in [0.2, 0.25) is 5.91 Å². The third-order valence-corrected chi connectivity index (χ3v) is 2.58. The van der Waals surface area contributed by atoms with E-state index in [1.165, 1.54) is 0 Å². The fraction of sp³-hybridized carbons (Fsp3) is 0.214. The van der Waals surface area contributed by atoms with Crippen LogP contribution in [0.5, 0.6) is 0 Å². The molecule has 0 saturated heterocycles. The van der Waals surface area contributed by atoms with Crippen LogP contribution in [-0.4, -0.2) is 12.5 Å². The number of carbonyl (C=O) groups excluding carboxylic acids is 1. The molecule has 0 aliphatic rings. The lowest BCUT2D eigenvalue weighted by atomic mass is 10.2. The lowest BCUT2D eigenvalue weighted by molar-refractivity contribution is -0.115. The minimum absolute atomic E-state index is 0.0594. The van der Waals surface area contributed by atoms with Crippen LogP contribution in [0, 0.1) is 6.92 Å². The molecular formula is C14H16N2O2. The standard InChI is InChI=1S/C14H16N2O2/c1-11-5-2-3-7-13(11)16-14(17)10-15-9-12-6-4-8-18-12/h2-8,15H,9-10H2,1H3,(H,16,17). The number of aryl methyl sites for hydroxylation is 1. The first-order chi connectivity index (χ1) is 8.75. The van der Waals surface area contributed by atoms with Gasteiger partial charge in [-0.05, 0) is 30.7 Å². The Bertz CT molecular complexity index is 506. The van der Waals surface area contributed by atoms with Gasteiger partial charge in [-0.25, -0.2) is 0 Å². The number of amides is 1. The summed E-state index contributed by atoms with van der Waals surface area (Å²) in [6, 6.07) is 11.4. The highest BCUT2D eigenvalue weighted by molar-refractivity contribution is 5.92. The van der Waals surface area contributed by atoms with E-state index in [1.54, 1.807) is 6.26 Å². The van der Waals surface area contributed by atoms with Crippen molar-refractivity contribution in [2.24, 2.45) is 0 Å². The topological polar surface area (TPSA) is 54.3 Å². The number of anilines is 1. The van der Waals surface area contributed by atoms with E-state index in [-0.39, 0.29) is 12.5 Å². The average molecular weight is 244 g/mol. The normalized spacial score (nSPS) is 10.3. The first-order valence-corrected chi connectivity index (χ1v) is 5.84. The van der Waals surface area contributed by atoms with Crippen LogP contribution in [0.15, 0.2) is 47.1 Å². The van der Waals surface area contributed by atoms with Crippen LogP contribution in [-0.2, 0) is 11.3 Å². The van der Waals surface area contributed by atoms with E-state index >= 15 is 0 Å². The average Bonchev–Trinajstić information content (AvgIpc) is 2.85. The second kappa shape index (κ2) is 6.02. The van der Waals surface area contributed by atoms with E-state index in [1.807, 2.05) is 43.3 Å². The summed E-state index contributed by atoms with van der Waals surface area (Å²) in [7, 11) is 0. The lowest BCUT2D eigenvalue weighted by Crippen LogP contribution is -2.27. The van der Waals surface area contributed by atoms with E-state index < -0.39 is 0 Å². The molecule has 94 valence electrons. The van der Waals surface area contributed by atoms with Crippen LogP contribution in [0.4, 0.5) is 5.69 Å². The molecule has 0 bridgehead atoms. The predicted molar refractivity (Wildman–Crippen MR) is 70.2 cm³/mol. The van der Waals surface area contributed by atoms with Crippen molar-refractivity contribution in [1.82, 2.24) is 5.32 Å². The first kappa shape index (κ1) is 12.4. The molecule has 1 amide bonds. The van der Waals surface area contributed by atoms with Crippen molar-refractivity contribution in [1.29, 1.82) is 0 Å². The van der Waals surface area contributed by atoms with Gasteiger partial charge in [0.05, 0.1) is 19.4 Å². The van der Waals surface area contributed by atoms with Gasteiger partial charge < -0.3 is 15.1 Å². The Morgan fingerprint density at radius 3 is 2.78 bits per heavy atom. The Kier molecular flexibility index (Phi) is 4.15. The minimum Gasteiger partial charge on any atom is -0.468 e. The number of carbonyl (C=O) groups is 1. The fourth-order valence-electron chi connectivity index (χ4n) is 1.62. The fourth-order valence-corrected chi connectivity index (χ4v) is 1.62. The molecule has 0 atom stereocenters. The molecule has 4 nitrogen and oxygen atoms in total. The van der Waals surface area contributed by atoms with Crippen LogP contribution in [0.1, 0.15) is 11.3 Å². The zero-order valence-electron chi connectivity index (χ0n) is 10.3. The summed E-state index contributed by atoms with van der Waals surface area (Å²) >= 11 is 0. The molecular weight excluding hydrogens is 228 g/mol. The number of furan rings is 1. The van der Waals surface area contributed by atoms with Gasteiger partial charge >= 0.3 is 0 Å². The Morgan fingerprint density at radius 1 is 1.22 bits per heavy atom. The molecule has 2 aromatic rings. The maximum Gasteiger partial charge on any atom is 0.238 e. The Hall–Kier alpha value is -2.07. The molecule has 2 N–H and O–H groups in total. The van der Waals surface area contributed by atoms with Gasteiger partial charge in [0.15, 0.2) is 0 Å². The summed E-state index contributed by atoms with van der Waals surface area (Å²) < 4.78 is 5.16. The summed E-state index contributed by atoms with van der Waals surface area (Å²) in [5.74, 6) is 0.759. The second-order valence-electron chi connectivity index (χ2n) is 4.05. The summed E-state index contributed by atoms with van der Waals surface area (Å²) in [5.41, 5.74) is 1.90. The molecule has 0 fully saturated rings.